The normalized spacial score (nSPS) is 21.2. The van der Waals surface area contributed by atoms with E-state index in [9.17, 15) is 14.9 Å². The van der Waals surface area contributed by atoms with Crippen LogP contribution in [0.1, 0.15) is 36.5 Å². The van der Waals surface area contributed by atoms with E-state index in [0.29, 0.717) is 10.8 Å². The van der Waals surface area contributed by atoms with E-state index < -0.39 is 4.92 Å². The summed E-state index contributed by atoms with van der Waals surface area (Å²) in [5.74, 6) is 0.964. The van der Waals surface area contributed by atoms with Gasteiger partial charge in [-0.2, -0.15) is 11.8 Å². The first-order valence-electron chi connectivity index (χ1n) is 7.16. The van der Waals surface area contributed by atoms with Gasteiger partial charge in [0, 0.05) is 36.0 Å². The molecule has 0 aliphatic heterocycles. The number of benzene rings is 1. The van der Waals surface area contributed by atoms with Gasteiger partial charge in [0.1, 0.15) is 0 Å². The fourth-order valence-corrected chi connectivity index (χ4v) is 3.91. The van der Waals surface area contributed by atoms with Crippen molar-refractivity contribution in [3.8, 4) is 0 Å². The highest BCUT2D eigenvalue weighted by molar-refractivity contribution is 7.99. The van der Waals surface area contributed by atoms with Crippen molar-refractivity contribution in [2.45, 2.75) is 37.5 Å². The van der Waals surface area contributed by atoms with Gasteiger partial charge in [-0.05, 0) is 31.1 Å². The van der Waals surface area contributed by atoms with Crippen LogP contribution in [0.5, 0.6) is 0 Å². The lowest BCUT2D eigenvalue weighted by molar-refractivity contribution is -0.384. The number of carbonyl (C=O) groups excluding carboxylic acids is 1. The topological polar surface area (TPSA) is 63.5 Å². The molecule has 1 aromatic rings. The number of nitrogens with zero attached hydrogens (tertiary/aromatic N) is 2. The second-order valence-corrected chi connectivity index (χ2v) is 6.85. The van der Waals surface area contributed by atoms with Crippen LogP contribution in [-0.2, 0) is 0 Å². The van der Waals surface area contributed by atoms with Gasteiger partial charge in [0.25, 0.3) is 11.6 Å². The molecule has 2 rings (SSSR count). The van der Waals surface area contributed by atoms with Crippen LogP contribution < -0.4 is 0 Å². The molecule has 0 spiro atoms. The van der Waals surface area contributed by atoms with Crippen LogP contribution in [0.15, 0.2) is 24.3 Å². The van der Waals surface area contributed by atoms with Crippen LogP contribution in [0, 0.1) is 10.1 Å². The first-order valence-corrected chi connectivity index (χ1v) is 8.21. The van der Waals surface area contributed by atoms with Gasteiger partial charge in [0.15, 0.2) is 0 Å². The molecule has 0 radical (unpaired) electrons. The lowest BCUT2D eigenvalue weighted by Crippen LogP contribution is -2.35. The molecule has 1 aliphatic rings. The number of nitro benzene ring substituents is 1. The van der Waals surface area contributed by atoms with E-state index in [4.69, 9.17) is 0 Å². The highest BCUT2D eigenvalue weighted by atomic mass is 32.2. The van der Waals surface area contributed by atoms with Crippen molar-refractivity contribution in [1.82, 2.24) is 4.90 Å². The Hall–Kier alpha value is -1.56. The van der Waals surface area contributed by atoms with Gasteiger partial charge in [0.2, 0.25) is 0 Å². The second kappa shape index (κ2) is 6.93. The molecule has 1 aliphatic carbocycles. The highest BCUT2D eigenvalue weighted by Gasteiger charge is 2.30. The SMILES string of the molecule is CCS[C@@H]1CC[C@@H](N(C)C(=O)c2cccc([N+](=O)[O-])c2)C1. The standard InChI is InChI=1S/C15H20N2O3S/c1-3-21-14-8-7-12(10-14)16(2)15(18)11-5-4-6-13(9-11)17(19)20/h4-6,9,12,14H,3,7-8,10H2,1-2H3/t12-,14-/m1/s1. The van der Waals surface area contributed by atoms with Crippen LogP contribution >= 0.6 is 11.8 Å². The van der Waals surface area contributed by atoms with Crippen molar-refractivity contribution >= 4 is 23.4 Å². The molecule has 0 unspecified atom stereocenters. The van der Waals surface area contributed by atoms with Gasteiger partial charge in [-0.1, -0.05) is 13.0 Å². The largest absolute Gasteiger partial charge is 0.339 e. The van der Waals surface area contributed by atoms with E-state index in [-0.39, 0.29) is 17.6 Å². The summed E-state index contributed by atoms with van der Waals surface area (Å²) in [5, 5.41) is 11.4. The molecule has 21 heavy (non-hydrogen) atoms. The van der Waals surface area contributed by atoms with Crippen LogP contribution in [0.3, 0.4) is 0 Å². The fraction of sp³-hybridized carbons (Fsp3) is 0.533. The van der Waals surface area contributed by atoms with E-state index in [1.54, 1.807) is 24.1 Å². The molecule has 0 bridgehead atoms. The maximum Gasteiger partial charge on any atom is 0.270 e. The Morgan fingerprint density at radius 3 is 2.90 bits per heavy atom. The van der Waals surface area contributed by atoms with Crippen molar-refractivity contribution in [3.05, 3.63) is 39.9 Å². The summed E-state index contributed by atoms with van der Waals surface area (Å²) in [4.78, 5) is 24.5. The predicted molar refractivity (Wildman–Crippen MR) is 84.7 cm³/mol. The minimum absolute atomic E-state index is 0.0416. The molecule has 114 valence electrons. The number of amides is 1. The fourth-order valence-electron chi connectivity index (χ4n) is 2.78. The summed E-state index contributed by atoms with van der Waals surface area (Å²) >= 11 is 1.95. The second-order valence-electron chi connectivity index (χ2n) is 5.27. The summed E-state index contributed by atoms with van der Waals surface area (Å²) in [7, 11) is 1.80. The van der Waals surface area contributed by atoms with Crippen molar-refractivity contribution in [3.63, 3.8) is 0 Å². The van der Waals surface area contributed by atoms with E-state index in [1.807, 2.05) is 11.8 Å². The lowest BCUT2D eigenvalue weighted by atomic mass is 10.1. The summed E-state index contributed by atoms with van der Waals surface area (Å²) in [5.41, 5.74) is 0.346. The zero-order valence-corrected chi connectivity index (χ0v) is 13.1. The Balaban J connectivity index is 2.06. The maximum absolute atomic E-state index is 12.5. The van der Waals surface area contributed by atoms with Crippen molar-refractivity contribution in [2.75, 3.05) is 12.8 Å². The van der Waals surface area contributed by atoms with Crippen LogP contribution in [-0.4, -0.2) is 39.8 Å². The van der Waals surface area contributed by atoms with E-state index in [2.05, 4.69) is 6.92 Å². The number of non-ortho nitro benzene ring substituents is 1. The van der Waals surface area contributed by atoms with Crippen LogP contribution in [0.25, 0.3) is 0 Å². The summed E-state index contributed by atoms with van der Waals surface area (Å²) < 4.78 is 0. The Morgan fingerprint density at radius 1 is 1.48 bits per heavy atom. The highest BCUT2D eigenvalue weighted by Crippen LogP contribution is 2.32. The molecule has 0 N–H and O–H groups in total. The third kappa shape index (κ3) is 3.75. The summed E-state index contributed by atoms with van der Waals surface area (Å²) in [6, 6.07) is 6.19. The molecule has 0 aromatic heterocycles. The molecule has 1 aromatic carbocycles. The van der Waals surface area contributed by atoms with Gasteiger partial charge in [-0.3, -0.25) is 14.9 Å². The minimum atomic E-state index is -0.472. The monoisotopic (exact) mass is 308 g/mol. The molecule has 2 atom stereocenters. The van der Waals surface area contributed by atoms with E-state index in [0.717, 1.165) is 25.0 Å². The molecule has 0 heterocycles. The molecule has 6 heteroatoms. The number of carbonyl (C=O) groups is 1. The van der Waals surface area contributed by atoms with Crippen LogP contribution in [0.2, 0.25) is 0 Å². The third-order valence-corrected chi connectivity index (χ3v) is 5.16. The molecule has 0 saturated heterocycles. The molecule has 1 fully saturated rings. The zero-order chi connectivity index (χ0) is 15.4. The Morgan fingerprint density at radius 2 is 2.24 bits per heavy atom. The predicted octanol–water partition coefficient (Wildman–Crippen LogP) is 3.34. The maximum atomic E-state index is 12.5. The van der Waals surface area contributed by atoms with Crippen molar-refractivity contribution < 1.29 is 9.72 Å². The smallest absolute Gasteiger partial charge is 0.270 e. The minimum Gasteiger partial charge on any atom is -0.339 e. The van der Waals surface area contributed by atoms with Crippen LogP contribution in [0.4, 0.5) is 5.69 Å². The Labute approximate surface area is 128 Å². The van der Waals surface area contributed by atoms with Crippen molar-refractivity contribution in [2.24, 2.45) is 0 Å². The molecular formula is C15H20N2O3S. The Kier molecular flexibility index (Phi) is 5.22. The summed E-state index contributed by atoms with van der Waals surface area (Å²) in [6.07, 6.45) is 3.15. The number of hydrogen-bond acceptors (Lipinski definition) is 4. The molecule has 5 nitrogen and oxygen atoms in total. The van der Waals surface area contributed by atoms with Gasteiger partial charge in [0.05, 0.1) is 4.92 Å². The van der Waals surface area contributed by atoms with Crippen molar-refractivity contribution in [1.29, 1.82) is 0 Å². The number of hydrogen-bond donors (Lipinski definition) is 0. The Bertz CT molecular complexity index is 535. The molecule has 1 saturated carbocycles. The number of thioether (sulfide) groups is 1. The van der Waals surface area contributed by atoms with E-state index >= 15 is 0 Å². The lowest BCUT2D eigenvalue weighted by Gasteiger charge is -2.24. The number of rotatable bonds is 5. The average Bonchev–Trinajstić information content (AvgIpc) is 2.95. The quantitative estimate of drug-likeness (QED) is 0.618. The first-order chi connectivity index (χ1) is 10.0. The summed E-state index contributed by atoms with van der Waals surface area (Å²) in [6.45, 7) is 2.15. The molecular weight excluding hydrogens is 288 g/mol. The van der Waals surface area contributed by atoms with Gasteiger partial charge in [-0.25, -0.2) is 0 Å². The third-order valence-electron chi connectivity index (χ3n) is 3.93. The number of nitro groups is 1. The molecule has 1 amide bonds. The van der Waals surface area contributed by atoms with E-state index in [1.165, 1.54) is 12.1 Å². The van der Waals surface area contributed by atoms with Gasteiger partial charge < -0.3 is 4.90 Å². The zero-order valence-electron chi connectivity index (χ0n) is 12.3. The van der Waals surface area contributed by atoms with Gasteiger partial charge >= 0.3 is 0 Å². The average molecular weight is 308 g/mol. The first kappa shape index (κ1) is 15.8. The van der Waals surface area contributed by atoms with Gasteiger partial charge in [-0.15, -0.1) is 0 Å².